The molecule has 0 unspecified atom stereocenters. The Bertz CT molecular complexity index is 846. The first-order chi connectivity index (χ1) is 11.0. The monoisotopic (exact) mass is 307 g/mol. The van der Waals surface area contributed by atoms with Crippen LogP contribution in [0.5, 0.6) is 0 Å². The molecule has 0 spiro atoms. The van der Waals surface area contributed by atoms with Crippen LogP contribution < -0.4 is 5.32 Å². The van der Waals surface area contributed by atoms with E-state index in [1.165, 1.54) is 5.56 Å². The highest BCUT2D eigenvalue weighted by Crippen LogP contribution is 2.26. The predicted molar refractivity (Wildman–Crippen MR) is 93.8 cm³/mol. The van der Waals surface area contributed by atoms with E-state index in [1.807, 2.05) is 37.3 Å². The average molecular weight is 307 g/mol. The van der Waals surface area contributed by atoms with Gasteiger partial charge in [-0.1, -0.05) is 38.1 Å². The first-order valence-corrected chi connectivity index (χ1v) is 7.90. The van der Waals surface area contributed by atoms with Crippen molar-refractivity contribution in [3.05, 3.63) is 65.4 Å². The SMILES string of the molecule is Cc1ccccc1NC(=O)Cc1coc2ccc(C(C)C)cc12. The molecule has 2 aromatic carbocycles. The highest BCUT2D eigenvalue weighted by atomic mass is 16.3. The van der Waals surface area contributed by atoms with Crippen molar-refractivity contribution in [1.82, 2.24) is 0 Å². The smallest absolute Gasteiger partial charge is 0.228 e. The minimum absolute atomic E-state index is 0.0306. The van der Waals surface area contributed by atoms with Gasteiger partial charge in [-0.05, 0) is 42.2 Å². The van der Waals surface area contributed by atoms with Gasteiger partial charge in [0.1, 0.15) is 5.58 Å². The summed E-state index contributed by atoms with van der Waals surface area (Å²) in [4.78, 5) is 12.3. The molecule has 3 heteroatoms. The molecule has 1 amide bonds. The second kappa shape index (κ2) is 6.29. The maximum atomic E-state index is 12.3. The fraction of sp³-hybridized carbons (Fsp3) is 0.250. The number of carbonyl (C=O) groups is 1. The van der Waals surface area contributed by atoms with Crippen LogP contribution in [0.25, 0.3) is 11.0 Å². The van der Waals surface area contributed by atoms with Gasteiger partial charge < -0.3 is 9.73 Å². The van der Waals surface area contributed by atoms with Gasteiger partial charge in [-0.25, -0.2) is 0 Å². The molecule has 1 N–H and O–H groups in total. The van der Waals surface area contributed by atoms with Crippen LogP contribution in [0.1, 0.15) is 36.5 Å². The Hall–Kier alpha value is -2.55. The number of amides is 1. The molecule has 0 aliphatic carbocycles. The fourth-order valence-electron chi connectivity index (χ4n) is 2.68. The predicted octanol–water partition coefficient (Wildman–Crippen LogP) is 5.05. The van der Waals surface area contributed by atoms with Crippen LogP contribution in [-0.4, -0.2) is 5.91 Å². The number of benzene rings is 2. The number of hydrogen-bond acceptors (Lipinski definition) is 2. The summed E-state index contributed by atoms with van der Waals surface area (Å²) in [6.07, 6.45) is 2.00. The van der Waals surface area contributed by atoms with Crippen molar-refractivity contribution in [2.75, 3.05) is 5.32 Å². The lowest BCUT2D eigenvalue weighted by Crippen LogP contribution is -2.14. The molecule has 23 heavy (non-hydrogen) atoms. The van der Waals surface area contributed by atoms with Crippen LogP contribution >= 0.6 is 0 Å². The van der Waals surface area contributed by atoms with Gasteiger partial charge in [-0.2, -0.15) is 0 Å². The van der Waals surface area contributed by atoms with E-state index in [4.69, 9.17) is 4.42 Å². The zero-order valence-corrected chi connectivity index (χ0v) is 13.7. The van der Waals surface area contributed by atoms with Gasteiger partial charge in [0.15, 0.2) is 0 Å². The molecule has 0 radical (unpaired) electrons. The van der Waals surface area contributed by atoms with Gasteiger partial charge in [0.25, 0.3) is 0 Å². The lowest BCUT2D eigenvalue weighted by Gasteiger charge is -2.08. The minimum Gasteiger partial charge on any atom is -0.464 e. The quantitative estimate of drug-likeness (QED) is 0.733. The number of aryl methyl sites for hydroxylation is 1. The van der Waals surface area contributed by atoms with Crippen molar-refractivity contribution >= 4 is 22.6 Å². The third kappa shape index (κ3) is 3.29. The second-order valence-electron chi connectivity index (χ2n) is 6.21. The summed E-state index contributed by atoms with van der Waals surface area (Å²) in [6, 6.07) is 14.0. The van der Waals surface area contributed by atoms with Gasteiger partial charge in [0.05, 0.1) is 12.7 Å². The maximum absolute atomic E-state index is 12.3. The third-order valence-corrected chi connectivity index (χ3v) is 4.11. The topological polar surface area (TPSA) is 42.2 Å². The molecule has 0 saturated carbocycles. The molecule has 1 heterocycles. The Morgan fingerprint density at radius 2 is 1.96 bits per heavy atom. The number of hydrogen-bond donors (Lipinski definition) is 1. The van der Waals surface area contributed by atoms with E-state index in [-0.39, 0.29) is 5.91 Å². The van der Waals surface area contributed by atoms with E-state index >= 15 is 0 Å². The second-order valence-corrected chi connectivity index (χ2v) is 6.21. The summed E-state index contributed by atoms with van der Waals surface area (Å²) < 4.78 is 5.58. The van der Waals surface area contributed by atoms with Crippen molar-refractivity contribution in [3.8, 4) is 0 Å². The van der Waals surface area contributed by atoms with Crippen molar-refractivity contribution in [1.29, 1.82) is 0 Å². The van der Waals surface area contributed by atoms with Crippen LogP contribution in [0, 0.1) is 6.92 Å². The standard InChI is InChI=1S/C20H21NO2/c1-13(2)15-8-9-19-17(10-15)16(12-23-19)11-20(22)21-18-7-5-4-6-14(18)3/h4-10,12-13H,11H2,1-3H3,(H,21,22). The lowest BCUT2D eigenvalue weighted by atomic mass is 10.00. The molecule has 0 aliphatic heterocycles. The maximum Gasteiger partial charge on any atom is 0.228 e. The average Bonchev–Trinajstić information content (AvgIpc) is 2.92. The number of carbonyl (C=O) groups excluding carboxylic acids is 1. The van der Waals surface area contributed by atoms with Gasteiger partial charge in [0.2, 0.25) is 5.91 Å². The summed E-state index contributed by atoms with van der Waals surface area (Å²) in [5, 5.41) is 3.99. The number of para-hydroxylation sites is 1. The largest absolute Gasteiger partial charge is 0.464 e. The molecule has 0 fully saturated rings. The molecule has 3 aromatic rings. The normalized spacial score (nSPS) is 11.1. The molecule has 0 saturated heterocycles. The Balaban J connectivity index is 1.82. The highest BCUT2D eigenvalue weighted by Gasteiger charge is 2.12. The molecule has 3 nitrogen and oxygen atoms in total. The number of fused-ring (bicyclic) bond motifs is 1. The Labute approximate surface area is 136 Å². The zero-order valence-electron chi connectivity index (χ0n) is 13.7. The van der Waals surface area contributed by atoms with E-state index < -0.39 is 0 Å². The van der Waals surface area contributed by atoms with E-state index in [1.54, 1.807) is 6.26 Å². The van der Waals surface area contributed by atoms with Crippen LogP contribution in [0.3, 0.4) is 0 Å². The van der Waals surface area contributed by atoms with Crippen LogP contribution in [-0.2, 0) is 11.2 Å². The summed E-state index contributed by atoms with van der Waals surface area (Å²) >= 11 is 0. The Morgan fingerprint density at radius 1 is 1.17 bits per heavy atom. The van der Waals surface area contributed by atoms with Gasteiger partial charge in [-0.15, -0.1) is 0 Å². The molecule has 118 valence electrons. The Kier molecular flexibility index (Phi) is 4.20. The Morgan fingerprint density at radius 3 is 2.70 bits per heavy atom. The van der Waals surface area contributed by atoms with Gasteiger partial charge in [0, 0.05) is 16.6 Å². The van der Waals surface area contributed by atoms with Crippen molar-refractivity contribution in [2.24, 2.45) is 0 Å². The van der Waals surface area contributed by atoms with Crippen LogP contribution in [0.4, 0.5) is 5.69 Å². The molecule has 0 aliphatic rings. The lowest BCUT2D eigenvalue weighted by molar-refractivity contribution is -0.115. The zero-order chi connectivity index (χ0) is 16.4. The number of nitrogens with one attached hydrogen (secondary N) is 1. The molecule has 1 aromatic heterocycles. The summed E-state index contributed by atoms with van der Waals surface area (Å²) in [5.41, 5.74) is 4.91. The van der Waals surface area contributed by atoms with E-state index in [0.29, 0.717) is 12.3 Å². The third-order valence-electron chi connectivity index (χ3n) is 4.11. The van der Waals surface area contributed by atoms with E-state index in [0.717, 1.165) is 27.8 Å². The van der Waals surface area contributed by atoms with Crippen molar-refractivity contribution in [2.45, 2.75) is 33.1 Å². The summed E-state index contributed by atoms with van der Waals surface area (Å²) in [6.45, 7) is 6.30. The van der Waals surface area contributed by atoms with E-state index in [2.05, 4.69) is 31.3 Å². The first kappa shape index (κ1) is 15.3. The van der Waals surface area contributed by atoms with E-state index in [9.17, 15) is 4.79 Å². The number of anilines is 1. The highest BCUT2D eigenvalue weighted by molar-refractivity contribution is 5.95. The van der Waals surface area contributed by atoms with Crippen molar-refractivity contribution in [3.63, 3.8) is 0 Å². The summed E-state index contributed by atoms with van der Waals surface area (Å²) in [5.74, 6) is 0.417. The first-order valence-electron chi connectivity index (χ1n) is 7.90. The van der Waals surface area contributed by atoms with Gasteiger partial charge in [-0.3, -0.25) is 4.79 Å². The number of furan rings is 1. The fourth-order valence-corrected chi connectivity index (χ4v) is 2.68. The number of rotatable bonds is 4. The van der Waals surface area contributed by atoms with Crippen molar-refractivity contribution < 1.29 is 9.21 Å². The molecule has 0 bridgehead atoms. The summed E-state index contributed by atoms with van der Waals surface area (Å²) in [7, 11) is 0. The molecular formula is C20H21NO2. The van der Waals surface area contributed by atoms with Crippen LogP contribution in [0.15, 0.2) is 53.1 Å². The molecular weight excluding hydrogens is 286 g/mol. The van der Waals surface area contributed by atoms with Gasteiger partial charge >= 0.3 is 0 Å². The minimum atomic E-state index is -0.0306. The molecule has 0 atom stereocenters. The van der Waals surface area contributed by atoms with Crippen LogP contribution in [0.2, 0.25) is 0 Å². The molecule has 3 rings (SSSR count).